The average molecular weight is 464 g/mol. The molecule has 9 heteroatoms. The molecule has 0 saturated carbocycles. The molecule has 0 bridgehead atoms. The molecule has 0 saturated heterocycles. The normalized spacial score (nSPS) is 11.2. The standard InChI is InChI=1S/C26H25N9/c1-17-6-5-7-22(30-17)25-24(20-8-9-23-28-16-29-35(23)15-20)31-26(32-25)34(4)21-11-18(13-27)10-19(12-21)14-33(2)3/h5-12,15-16H,14H2,1-4H3,(H,31,32). The summed E-state index contributed by atoms with van der Waals surface area (Å²) >= 11 is 0. The van der Waals surface area contributed by atoms with Crippen molar-refractivity contribution in [2.45, 2.75) is 13.5 Å². The number of pyridine rings is 2. The summed E-state index contributed by atoms with van der Waals surface area (Å²) in [7, 11) is 5.95. The Morgan fingerprint density at radius 1 is 1.06 bits per heavy atom. The predicted octanol–water partition coefficient (Wildman–Crippen LogP) is 4.19. The van der Waals surface area contributed by atoms with Crippen molar-refractivity contribution >= 4 is 17.3 Å². The first-order chi connectivity index (χ1) is 16.9. The molecule has 0 radical (unpaired) electrons. The fourth-order valence-corrected chi connectivity index (χ4v) is 4.06. The fourth-order valence-electron chi connectivity index (χ4n) is 4.06. The number of benzene rings is 1. The zero-order chi connectivity index (χ0) is 24.5. The number of imidazole rings is 1. The van der Waals surface area contributed by atoms with Crippen LogP contribution in [0.2, 0.25) is 0 Å². The van der Waals surface area contributed by atoms with E-state index in [1.165, 1.54) is 6.33 Å². The number of hydrogen-bond donors (Lipinski definition) is 1. The molecule has 1 aromatic carbocycles. The quantitative estimate of drug-likeness (QED) is 0.403. The summed E-state index contributed by atoms with van der Waals surface area (Å²) in [6.07, 6.45) is 3.44. The molecule has 5 rings (SSSR count). The summed E-state index contributed by atoms with van der Waals surface area (Å²) in [5.41, 5.74) is 7.46. The number of aromatic nitrogens is 6. The lowest BCUT2D eigenvalue weighted by molar-refractivity contribution is 0.402. The lowest BCUT2D eigenvalue weighted by Crippen LogP contribution is -2.14. The van der Waals surface area contributed by atoms with Gasteiger partial charge in [0.25, 0.3) is 0 Å². The molecule has 0 unspecified atom stereocenters. The maximum atomic E-state index is 9.59. The SMILES string of the molecule is Cc1cccc(-c2[nH]c(N(C)c3cc(C#N)cc(CN(C)C)c3)nc2-c2ccc3ncnn3c2)n1. The first kappa shape index (κ1) is 22.3. The summed E-state index contributed by atoms with van der Waals surface area (Å²) in [5.74, 6) is 0.642. The second kappa shape index (κ2) is 9.00. The van der Waals surface area contributed by atoms with E-state index in [9.17, 15) is 5.26 Å². The molecule has 0 spiro atoms. The Kier molecular flexibility index (Phi) is 5.73. The summed E-state index contributed by atoms with van der Waals surface area (Å²) in [5, 5.41) is 13.9. The van der Waals surface area contributed by atoms with Gasteiger partial charge in [-0.05, 0) is 69.0 Å². The van der Waals surface area contributed by atoms with Crippen molar-refractivity contribution in [3.8, 4) is 28.7 Å². The Morgan fingerprint density at radius 2 is 1.91 bits per heavy atom. The maximum absolute atomic E-state index is 9.59. The van der Waals surface area contributed by atoms with Crippen molar-refractivity contribution < 1.29 is 0 Å². The van der Waals surface area contributed by atoms with Crippen LogP contribution in [0.4, 0.5) is 11.6 Å². The Labute approximate surface area is 203 Å². The topological polar surface area (TPSA) is 102 Å². The number of nitriles is 1. The van der Waals surface area contributed by atoms with Gasteiger partial charge in [0.05, 0.1) is 23.0 Å². The molecule has 5 aromatic rings. The Bertz CT molecular complexity index is 1550. The minimum Gasteiger partial charge on any atom is -0.322 e. The van der Waals surface area contributed by atoms with Crippen LogP contribution in [0.25, 0.3) is 28.3 Å². The number of rotatable bonds is 6. The molecule has 9 nitrogen and oxygen atoms in total. The van der Waals surface area contributed by atoms with Crippen LogP contribution in [0.3, 0.4) is 0 Å². The van der Waals surface area contributed by atoms with Crippen LogP contribution in [0, 0.1) is 18.3 Å². The summed E-state index contributed by atoms with van der Waals surface area (Å²) < 4.78 is 1.73. The van der Waals surface area contributed by atoms with Crippen LogP contribution in [0.1, 0.15) is 16.8 Å². The Morgan fingerprint density at radius 3 is 2.69 bits per heavy atom. The molecule has 0 aliphatic carbocycles. The van der Waals surface area contributed by atoms with E-state index in [0.29, 0.717) is 11.5 Å². The molecule has 4 heterocycles. The zero-order valence-corrected chi connectivity index (χ0v) is 20.1. The molecule has 0 atom stereocenters. The van der Waals surface area contributed by atoms with Crippen molar-refractivity contribution in [2.75, 3.05) is 26.0 Å². The van der Waals surface area contributed by atoms with Gasteiger partial charge in [-0.3, -0.25) is 4.98 Å². The van der Waals surface area contributed by atoms with Crippen LogP contribution in [-0.4, -0.2) is 55.6 Å². The van der Waals surface area contributed by atoms with Crippen molar-refractivity contribution in [1.29, 1.82) is 5.26 Å². The second-order valence-corrected chi connectivity index (χ2v) is 8.73. The first-order valence-corrected chi connectivity index (χ1v) is 11.2. The highest BCUT2D eigenvalue weighted by atomic mass is 15.3. The van der Waals surface area contributed by atoms with Gasteiger partial charge in [-0.1, -0.05) is 6.07 Å². The van der Waals surface area contributed by atoms with Gasteiger partial charge in [0.2, 0.25) is 5.95 Å². The molecule has 174 valence electrons. The molecule has 4 aromatic heterocycles. The van der Waals surface area contributed by atoms with Crippen molar-refractivity contribution in [2.24, 2.45) is 0 Å². The van der Waals surface area contributed by atoms with Gasteiger partial charge >= 0.3 is 0 Å². The van der Waals surface area contributed by atoms with Crippen LogP contribution < -0.4 is 4.90 Å². The molecular formula is C26H25N9. The highest BCUT2D eigenvalue weighted by Gasteiger charge is 2.19. The number of nitrogens with zero attached hydrogens (tertiary/aromatic N) is 8. The van der Waals surface area contributed by atoms with Crippen molar-refractivity contribution in [1.82, 2.24) is 34.4 Å². The summed E-state index contributed by atoms with van der Waals surface area (Å²) in [6, 6.07) is 17.9. The number of aryl methyl sites for hydroxylation is 1. The van der Waals surface area contributed by atoms with E-state index in [4.69, 9.17) is 9.97 Å². The van der Waals surface area contributed by atoms with Gasteiger partial charge in [0, 0.05) is 36.7 Å². The Balaban J connectivity index is 1.64. The van der Waals surface area contributed by atoms with Gasteiger partial charge in [0.15, 0.2) is 5.65 Å². The number of aromatic amines is 1. The largest absolute Gasteiger partial charge is 0.322 e. The third kappa shape index (κ3) is 4.47. The van der Waals surface area contributed by atoms with E-state index in [0.717, 1.165) is 51.8 Å². The maximum Gasteiger partial charge on any atom is 0.208 e. The number of nitrogens with one attached hydrogen (secondary N) is 1. The minimum atomic E-state index is 0.607. The van der Waals surface area contributed by atoms with Crippen LogP contribution >= 0.6 is 0 Å². The van der Waals surface area contributed by atoms with Crippen molar-refractivity contribution in [3.63, 3.8) is 0 Å². The lowest BCUT2D eigenvalue weighted by atomic mass is 10.1. The number of hydrogen-bond acceptors (Lipinski definition) is 7. The molecule has 0 amide bonds. The molecule has 35 heavy (non-hydrogen) atoms. The summed E-state index contributed by atoms with van der Waals surface area (Å²) in [4.78, 5) is 21.4. The predicted molar refractivity (Wildman–Crippen MR) is 135 cm³/mol. The van der Waals surface area contributed by atoms with E-state index in [1.54, 1.807) is 4.52 Å². The summed E-state index contributed by atoms with van der Waals surface area (Å²) in [6.45, 7) is 2.70. The number of H-pyrrole nitrogens is 1. The highest BCUT2D eigenvalue weighted by molar-refractivity contribution is 5.79. The third-order valence-electron chi connectivity index (χ3n) is 5.69. The van der Waals surface area contributed by atoms with E-state index >= 15 is 0 Å². The average Bonchev–Trinajstić information content (AvgIpc) is 3.50. The lowest BCUT2D eigenvalue weighted by Gasteiger charge is -2.19. The van der Waals surface area contributed by atoms with Crippen LogP contribution in [0.15, 0.2) is 61.1 Å². The van der Waals surface area contributed by atoms with Crippen LogP contribution in [0.5, 0.6) is 0 Å². The minimum absolute atomic E-state index is 0.607. The smallest absolute Gasteiger partial charge is 0.208 e. The van der Waals surface area contributed by atoms with Gasteiger partial charge < -0.3 is 14.8 Å². The monoisotopic (exact) mass is 463 g/mol. The highest BCUT2D eigenvalue weighted by Crippen LogP contribution is 2.34. The third-order valence-corrected chi connectivity index (χ3v) is 5.69. The molecular weight excluding hydrogens is 438 g/mol. The number of anilines is 2. The Hall–Kier alpha value is -4.55. The zero-order valence-electron chi connectivity index (χ0n) is 20.1. The van der Waals surface area contributed by atoms with Gasteiger partial charge in [0.1, 0.15) is 12.0 Å². The molecule has 1 N–H and O–H groups in total. The van der Waals surface area contributed by atoms with E-state index in [2.05, 4.69) is 32.1 Å². The van der Waals surface area contributed by atoms with E-state index in [-0.39, 0.29) is 0 Å². The van der Waals surface area contributed by atoms with Crippen molar-refractivity contribution in [3.05, 3.63) is 77.9 Å². The van der Waals surface area contributed by atoms with E-state index < -0.39 is 0 Å². The van der Waals surface area contributed by atoms with E-state index in [1.807, 2.05) is 81.6 Å². The van der Waals surface area contributed by atoms with Gasteiger partial charge in [-0.25, -0.2) is 14.5 Å². The molecule has 0 aliphatic heterocycles. The van der Waals surface area contributed by atoms with Crippen LogP contribution in [-0.2, 0) is 6.54 Å². The number of fused-ring (bicyclic) bond motifs is 1. The molecule has 0 aliphatic rings. The molecule has 0 fully saturated rings. The first-order valence-electron chi connectivity index (χ1n) is 11.2. The van der Waals surface area contributed by atoms with Gasteiger partial charge in [-0.15, -0.1) is 0 Å². The van der Waals surface area contributed by atoms with Gasteiger partial charge in [-0.2, -0.15) is 10.4 Å². The second-order valence-electron chi connectivity index (χ2n) is 8.73. The fraction of sp³-hybridized carbons (Fsp3) is 0.192.